The maximum atomic E-state index is 13.2. The highest BCUT2D eigenvalue weighted by molar-refractivity contribution is 5.67. The summed E-state index contributed by atoms with van der Waals surface area (Å²) in [4.78, 5) is 28.0. The second kappa shape index (κ2) is 10.8. The van der Waals surface area contributed by atoms with Crippen molar-refractivity contribution in [1.82, 2.24) is 15.0 Å². The van der Waals surface area contributed by atoms with E-state index in [-0.39, 0.29) is 18.2 Å². The Balaban J connectivity index is 1.38. The minimum Gasteiger partial charge on any atom is -0.492 e. The molecule has 0 bridgehead atoms. The first-order valence-electron chi connectivity index (χ1n) is 11.1. The van der Waals surface area contributed by atoms with Crippen LogP contribution in [0.2, 0.25) is 0 Å². The van der Waals surface area contributed by atoms with Gasteiger partial charge in [0.15, 0.2) is 0 Å². The Morgan fingerprint density at radius 2 is 1.76 bits per heavy atom. The van der Waals surface area contributed by atoms with Crippen molar-refractivity contribution in [3.63, 3.8) is 0 Å². The van der Waals surface area contributed by atoms with Crippen LogP contribution in [0.5, 0.6) is 17.5 Å². The topological polar surface area (TPSA) is 101 Å². The number of hydrogen-bond donors (Lipinski definition) is 1. The lowest BCUT2D eigenvalue weighted by Crippen LogP contribution is -2.39. The number of ether oxygens (including phenoxy) is 2. The fourth-order valence-corrected chi connectivity index (χ4v) is 3.22. The summed E-state index contributed by atoms with van der Waals surface area (Å²) in [5, 5.41) is 8.79. The molecule has 0 atom stereocenters. The lowest BCUT2D eigenvalue weighted by Gasteiger charge is -2.31. The molecule has 0 spiro atoms. The van der Waals surface area contributed by atoms with Gasteiger partial charge in [-0.3, -0.25) is 4.79 Å². The lowest BCUT2D eigenvalue weighted by atomic mass is 10.1. The minimum absolute atomic E-state index is 0.100. The predicted octanol–water partition coefficient (Wildman–Crippen LogP) is 3.55. The monoisotopic (exact) mass is 467 g/mol. The Kier molecular flexibility index (Phi) is 7.36. The van der Waals surface area contributed by atoms with E-state index in [0.717, 1.165) is 25.1 Å². The van der Waals surface area contributed by atoms with E-state index < -0.39 is 5.97 Å². The normalized spacial score (nSPS) is 12.7. The van der Waals surface area contributed by atoms with Crippen LogP contribution in [0.1, 0.15) is 18.4 Å². The molecule has 1 fully saturated rings. The lowest BCUT2D eigenvalue weighted by molar-refractivity contribution is -0.136. The molecule has 0 radical (unpaired) electrons. The van der Waals surface area contributed by atoms with Crippen molar-refractivity contribution in [3.8, 4) is 17.5 Å². The summed E-state index contributed by atoms with van der Waals surface area (Å²) < 4.78 is 24.8. The van der Waals surface area contributed by atoms with Crippen LogP contribution in [0.15, 0.2) is 48.5 Å². The number of aryl methyl sites for hydroxylation is 1. The molecule has 4 rings (SSSR count). The van der Waals surface area contributed by atoms with Crippen molar-refractivity contribution in [2.45, 2.75) is 19.3 Å². The van der Waals surface area contributed by atoms with Crippen molar-refractivity contribution in [3.05, 3.63) is 59.9 Å². The number of benzene rings is 2. The first-order chi connectivity index (χ1) is 16.5. The van der Waals surface area contributed by atoms with E-state index in [9.17, 15) is 9.18 Å². The standard InChI is InChI=1S/C24H26FN5O4/c1-29(15-16-33-19-8-3-17(4-9-19)5-12-21(31)32)22-26-23(30-13-2-14-30)28-24(27-22)34-20-10-6-18(25)7-11-20/h3-4,6-11H,2,5,12-16H2,1H3,(H,31,32). The Hall–Kier alpha value is -3.95. The van der Waals surface area contributed by atoms with Gasteiger partial charge in [0, 0.05) is 26.6 Å². The van der Waals surface area contributed by atoms with E-state index in [1.165, 1.54) is 24.3 Å². The van der Waals surface area contributed by atoms with E-state index in [1.807, 2.05) is 41.1 Å². The van der Waals surface area contributed by atoms with Crippen molar-refractivity contribution < 1.29 is 23.8 Å². The van der Waals surface area contributed by atoms with Crippen LogP contribution >= 0.6 is 0 Å². The third-order valence-electron chi connectivity index (χ3n) is 5.34. The Morgan fingerprint density at radius 3 is 2.41 bits per heavy atom. The SMILES string of the molecule is CN(CCOc1ccc(CCC(=O)O)cc1)c1nc(Oc2ccc(F)cc2)nc(N2CCC2)n1. The van der Waals surface area contributed by atoms with Crippen LogP contribution < -0.4 is 19.3 Å². The largest absolute Gasteiger partial charge is 0.492 e. The third kappa shape index (κ3) is 6.31. The highest BCUT2D eigenvalue weighted by Crippen LogP contribution is 2.24. The van der Waals surface area contributed by atoms with E-state index >= 15 is 0 Å². The van der Waals surface area contributed by atoms with Gasteiger partial charge in [-0.25, -0.2) is 4.39 Å². The van der Waals surface area contributed by atoms with E-state index in [1.54, 1.807) is 0 Å². The number of hydrogen-bond acceptors (Lipinski definition) is 8. The van der Waals surface area contributed by atoms with Crippen LogP contribution in [0.3, 0.4) is 0 Å². The molecule has 3 aromatic rings. The zero-order valence-corrected chi connectivity index (χ0v) is 18.9. The van der Waals surface area contributed by atoms with Gasteiger partial charge in [-0.1, -0.05) is 12.1 Å². The molecule has 34 heavy (non-hydrogen) atoms. The molecule has 1 N–H and O–H groups in total. The number of anilines is 2. The molecule has 1 aromatic heterocycles. The minimum atomic E-state index is -0.815. The number of likely N-dealkylation sites (N-methyl/N-ethyl adjacent to an activating group) is 1. The molecular weight excluding hydrogens is 441 g/mol. The molecule has 178 valence electrons. The van der Waals surface area contributed by atoms with Crippen LogP contribution in [0.4, 0.5) is 16.3 Å². The van der Waals surface area contributed by atoms with Crippen molar-refractivity contribution in [2.24, 2.45) is 0 Å². The second-order valence-electron chi connectivity index (χ2n) is 7.92. The first-order valence-corrected chi connectivity index (χ1v) is 11.1. The zero-order valence-electron chi connectivity index (χ0n) is 18.9. The van der Waals surface area contributed by atoms with Crippen LogP contribution in [-0.4, -0.2) is 59.3 Å². The van der Waals surface area contributed by atoms with E-state index in [4.69, 9.17) is 14.6 Å². The van der Waals surface area contributed by atoms with Gasteiger partial charge in [0.1, 0.15) is 23.9 Å². The predicted molar refractivity (Wildman–Crippen MR) is 124 cm³/mol. The molecule has 2 heterocycles. The molecule has 1 aliphatic rings. The molecule has 0 saturated carbocycles. The first kappa shape index (κ1) is 23.2. The number of rotatable bonds is 11. The van der Waals surface area contributed by atoms with Crippen molar-refractivity contribution >= 4 is 17.9 Å². The average Bonchev–Trinajstić information content (AvgIpc) is 2.79. The molecule has 0 aliphatic carbocycles. The molecule has 0 unspecified atom stereocenters. The van der Waals surface area contributed by atoms with Gasteiger partial charge in [-0.2, -0.15) is 15.0 Å². The molecule has 1 saturated heterocycles. The summed E-state index contributed by atoms with van der Waals surface area (Å²) in [6, 6.07) is 13.2. The van der Waals surface area contributed by atoms with E-state index in [0.29, 0.717) is 43.0 Å². The number of carboxylic acids is 1. The average molecular weight is 468 g/mol. The van der Waals surface area contributed by atoms with Gasteiger partial charge in [-0.05, 0) is 54.8 Å². The number of carboxylic acid groups (broad SMARTS) is 1. The second-order valence-corrected chi connectivity index (χ2v) is 7.92. The van der Waals surface area contributed by atoms with Gasteiger partial charge in [0.2, 0.25) is 11.9 Å². The highest BCUT2D eigenvalue weighted by atomic mass is 19.1. The molecule has 10 heteroatoms. The zero-order chi connectivity index (χ0) is 23.9. The molecule has 1 aliphatic heterocycles. The molecular formula is C24H26FN5O4. The summed E-state index contributed by atoms with van der Waals surface area (Å²) >= 11 is 0. The van der Waals surface area contributed by atoms with Gasteiger partial charge < -0.3 is 24.4 Å². The van der Waals surface area contributed by atoms with Gasteiger partial charge in [-0.15, -0.1) is 0 Å². The Bertz CT molecular complexity index is 1110. The maximum absolute atomic E-state index is 13.2. The van der Waals surface area contributed by atoms with Gasteiger partial charge in [0.25, 0.3) is 0 Å². The van der Waals surface area contributed by atoms with Crippen molar-refractivity contribution in [2.75, 3.05) is 43.1 Å². The Morgan fingerprint density at radius 1 is 1.06 bits per heavy atom. The Labute approximate surface area is 196 Å². The smallest absolute Gasteiger partial charge is 0.328 e. The number of nitrogens with zero attached hydrogens (tertiary/aromatic N) is 5. The van der Waals surface area contributed by atoms with Gasteiger partial charge >= 0.3 is 12.0 Å². The summed E-state index contributed by atoms with van der Waals surface area (Å²) in [5.41, 5.74) is 0.948. The van der Waals surface area contributed by atoms with Crippen molar-refractivity contribution in [1.29, 1.82) is 0 Å². The maximum Gasteiger partial charge on any atom is 0.328 e. The van der Waals surface area contributed by atoms with Gasteiger partial charge in [0.05, 0.1) is 6.54 Å². The summed E-state index contributed by atoms with van der Waals surface area (Å²) in [7, 11) is 1.86. The fourth-order valence-electron chi connectivity index (χ4n) is 3.22. The number of halogens is 1. The van der Waals surface area contributed by atoms with Crippen LogP contribution in [0.25, 0.3) is 0 Å². The fraction of sp³-hybridized carbons (Fsp3) is 0.333. The summed E-state index contributed by atoms with van der Waals surface area (Å²) in [5.74, 6) is 0.958. The molecule has 9 nitrogen and oxygen atoms in total. The highest BCUT2D eigenvalue weighted by Gasteiger charge is 2.21. The molecule has 2 aromatic carbocycles. The third-order valence-corrected chi connectivity index (χ3v) is 5.34. The summed E-state index contributed by atoms with van der Waals surface area (Å²) in [6.07, 6.45) is 1.66. The van der Waals surface area contributed by atoms with Crippen LogP contribution in [-0.2, 0) is 11.2 Å². The quantitative estimate of drug-likeness (QED) is 0.454. The number of aliphatic carboxylic acids is 1. The summed E-state index contributed by atoms with van der Waals surface area (Å²) in [6.45, 7) is 2.65. The number of aromatic nitrogens is 3. The van der Waals surface area contributed by atoms with E-state index in [2.05, 4.69) is 15.0 Å². The molecule has 0 amide bonds. The number of carbonyl (C=O) groups is 1. The van der Waals surface area contributed by atoms with Crippen LogP contribution in [0, 0.1) is 5.82 Å².